The van der Waals surface area contributed by atoms with E-state index in [2.05, 4.69) is 45.6 Å². The third-order valence-corrected chi connectivity index (χ3v) is 23.8. The van der Waals surface area contributed by atoms with Crippen molar-refractivity contribution in [3.8, 4) is 0 Å². The van der Waals surface area contributed by atoms with Crippen molar-refractivity contribution in [1.29, 1.82) is 0 Å². The van der Waals surface area contributed by atoms with Crippen LogP contribution in [0.5, 0.6) is 0 Å². The molecular formula is C22H45NOSn. The van der Waals surface area contributed by atoms with Gasteiger partial charge in [-0.3, -0.25) is 0 Å². The molecule has 0 amide bonds. The van der Waals surface area contributed by atoms with E-state index in [-0.39, 0.29) is 0 Å². The van der Waals surface area contributed by atoms with Crippen molar-refractivity contribution >= 4 is 18.4 Å². The average Bonchev–Trinajstić information content (AvgIpc) is 2.66. The first-order valence-corrected chi connectivity index (χ1v) is 18.9. The summed E-state index contributed by atoms with van der Waals surface area (Å²) in [5.41, 5.74) is 1.61. The van der Waals surface area contributed by atoms with Gasteiger partial charge in [-0.1, -0.05) is 0 Å². The molecule has 0 aliphatic carbocycles. The summed E-state index contributed by atoms with van der Waals surface area (Å²) in [6.07, 6.45) is 12.5. The Kier molecular flexibility index (Phi) is 12.6. The van der Waals surface area contributed by atoms with E-state index in [9.17, 15) is 0 Å². The molecule has 0 spiro atoms. The molecule has 0 radical (unpaired) electrons. The van der Waals surface area contributed by atoms with E-state index < -0.39 is 18.4 Å². The second-order valence-corrected chi connectivity index (χ2v) is 22.7. The molecule has 2 nitrogen and oxygen atoms in total. The van der Waals surface area contributed by atoms with Gasteiger partial charge in [0.2, 0.25) is 0 Å². The van der Waals surface area contributed by atoms with Gasteiger partial charge in [-0.15, -0.1) is 0 Å². The van der Waals surface area contributed by atoms with E-state index in [0.29, 0.717) is 0 Å². The van der Waals surface area contributed by atoms with Crippen LogP contribution in [0, 0.1) is 0 Å². The molecule has 3 heteroatoms. The maximum atomic E-state index is 5.57. The van der Waals surface area contributed by atoms with Crippen molar-refractivity contribution in [2.45, 2.75) is 96.8 Å². The molecular weight excluding hydrogens is 413 g/mol. The Hall–Kier alpha value is 0.299. The number of ether oxygens (including phenoxy) is 1. The molecule has 0 aromatic rings. The van der Waals surface area contributed by atoms with Crippen molar-refractivity contribution in [1.82, 2.24) is 4.90 Å². The molecule has 0 saturated carbocycles. The van der Waals surface area contributed by atoms with E-state index in [4.69, 9.17) is 4.74 Å². The molecule has 1 saturated heterocycles. The third kappa shape index (κ3) is 7.82. The minimum atomic E-state index is -2.13. The zero-order valence-electron chi connectivity index (χ0n) is 17.9. The molecule has 1 unspecified atom stereocenters. The molecule has 25 heavy (non-hydrogen) atoms. The number of hydrogen-bond donors (Lipinski definition) is 0. The zero-order valence-corrected chi connectivity index (χ0v) is 20.8. The van der Waals surface area contributed by atoms with Gasteiger partial charge >= 0.3 is 163 Å². The first-order valence-electron chi connectivity index (χ1n) is 11.2. The maximum absolute atomic E-state index is 5.57. The summed E-state index contributed by atoms with van der Waals surface area (Å²) in [7, 11) is 0. The van der Waals surface area contributed by atoms with Crippen LogP contribution in [0.1, 0.15) is 79.6 Å². The molecule has 1 aliphatic rings. The molecule has 0 aromatic carbocycles. The summed E-state index contributed by atoms with van der Waals surface area (Å²) < 4.78 is 11.3. The molecule has 0 aromatic heterocycles. The molecule has 148 valence electrons. The Balaban J connectivity index is 2.98. The Morgan fingerprint density at radius 3 is 1.80 bits per heavy atom. The van der Waals surface area contributed by atoms with Gasteiger partial charge in [-0.25, -0.2) is 0 Å². The van der Waals surface area contributed by atoms with Crippen LogP contribution in [0.25, 0.3) is 0 Å². The second kappa shape index (κ2) is 13.5. The Morgan fingerprint density at radius 1 is 0.920 bits per heavy atom. The fourth-order valence-electron chi connectivity index (χ4n) is 4.41. The molecule has 1 fully saturated rings. The number of morpholine rings is 1. The van der Waals surface area contributed by atoms with Crippen LogP contribution in [0.2, 0.25) is 17.2 Å². The van der Waals surface area contributed by atoms with Crippen LogP contribution in [0.4, 0.5) is 0 Å². The molecule has 1 atom stereocenters. The topological polar surface area (TPSA) is 12.5 Å². The molecule has 1 rings (SSSR count). The van der Waals surface area contributed by atoms with Crippen LogP contribution < -0.4 is 0 Å². The van der Waals surface area contributed by atoms with Crippen molar-refractivity contribution in [3.05, 3.63) is 11.8 Å². The zero-order chi connectivity index (χ0) is 18.5. The first-order chi connectivity index (χ1) is 12.1. The monoisotopic (exact) mass is 459 g/mol. The van der Waals surface area contributed by atoms with E-state index in [1.165, 1.54) is 44.9 Å². The number of rotatable bonds is 13. The minimum absolute atomic E-state index is 0.886. The van der Waals surface area contributed by atoms with E-state index >= 15 is 0 Å². The van der Waals surface area contributed by atoms with Gasteiger partial charge in [0.15, 0.2) is 0 Å². The number of hydrogen-bond acceptors (Lipinski definition) is 2. The van der Waals surface area contributed by atoms with Gasteiger partial charge in [0.1, 0.15) is 0 Å². The van der Waals surface area contributed by atoms with E-state index in [0.717, 1.165) is 30.2 Å². The summed E-state index contributed by atoms with van der Waals surface area (Å²) in [5, 5.41) is 0. The Labute approximate surface area is 162 Å². The van der Waals surface area contributed by atoms with Gasteiger partial charge < -0.3 is 0 Å². The van der Waals surface area contributed by atoms with Gasteiger partial charge in [0, 0.05) is 0 Å². The third-order valence-electron chi connectivity index (χ3n) is 6.27. The van der Waals surface area contributed by atoms with Crippen LogP contribution in [-0.2, 0) is 4.74 Å². The first kappa shape index (κ1) is 23.3. The molecule has 1 heterocycles. The fourth-order valence-corrected chi connectivity index (χ4v) is 21.1. The quantitative estimate of drug-likeness (QED) is 0.280. The Bertz CT molecular complexity index is 341. The summed E-state index contributed by atoms with van der Waals surface area (Å²) >= 11 is -2.13. The van der Waals surface area contributed by atoms with Crippen LogP contribution in [-0.4, -0.2) is 49.6 Å². The van der Waals surface area contributed by atoms with Crippen LogP contribution in [0.3, 0.4) is 0 Å². The number of allylic oxidation sites excluding steroid dienone is 2. The summed E-state index contributed by atoms with van der Waals surface area (Å²) in [6, 6.07) is 0. The number of unbranched alkanes of at least 4 members (excludes halogenated alkanes) is 3. The van der Waals surface area contributed by atoms with Crippen LogP contribution >= 0.6 is 0 Å². The molecule has 0 bridgehead atoms. The SMILES string of the molecule is CCC[CH2][Sn]([CH2]CCC)([CH2]CCC)[CH](C)/C=C(\CC)N1CCOCC1. The second-order valence-electron chi connectivity index (χ2n) is 8.07. The normalized spacial score (nSPS) is 17.8. The van der Waals surface area contributed by atoms with Crippen molar-refractivity contribution < 1.29 is 4.74 Å². The van der Waals surface area contributed by atoms with Gasteiger partial charge in [0.05, 0.1) is 0 Å². The van der Waals surface area contributed by atoms with Crippen LogP contribution in [0.15, 0.2) is 11.8 Å². The van der Waals surface area contributed by atoms with Gasteiger partial charge in [-0.05, 0) is 0 Å². The summed E-state index contributed by atoms with van der Waals surface area (Å²) in [5.74, 6) is 0. The standard InChI is InChI=1S/C10H18NO.3C4H9.Sn/c1-3-5-10(4-2)11-6-8-12-9-7-11;3*1-3-4-2;/h3,5H,4,6-9H2,1-2H3;3*1,3-4H2,2H3;/b10-5+;;;;. The van der Waals surface area contributed by atoms with E-state index in [1.807, 2.05) is 0 Å². The Morgan fingerprint density at radius 2 is 1.40 bits per heavy atom. The average molecular weight is 458 g/mol. The molecule has 1 aliphatic heterocycles. The van der Waals surface area contributed by atoms with Crippen molar-refractivity contribution in [2.24, 2.45) is 0 Å². The van der Waals surface area contributed by atoms with E-state index in [1.54, 1.807) is 19.0 Å². The summed E-state index contributed by atoms with van der Waals surface area (Å²) in [6.45, 7) is 16.1. The fraction of sp³-hybridized carbons (Fsp3) is 0.909. The molecule has 0 N–H and O–H groups in total. The predicted octanol–water partition coefficient (Wildman–Crippen LogP) is 6.85. The predicted molar refractivity (Wildman–Crippen MR) is 115 cm³/mol. The van der Waals surface area contributed by atoms with Crippen molar-refractivity contribution in [3.63, 3.8) is 0 Å². The van der Waals surface area contributed by atoms with Gasteiger partial charge in [0.25, 0.3) is 0 Å². The summed E-state index contributed by atoms with van der Waals surface area (Å²) in [4.78, 5) is 2.61. The van der Waals surface area contributed by atoms with Gasteiger partial charge in [-0.2, -0.15) is 0 Å². The van der Waals surface area contributed by atoms with Crippen molar-refractivity contribution in [2.75, 3.05) is 26.3 Å². The number of nitrogens with zero attached hydrogens (tertiary/aromatic N) is 1.